The van der Waals surface area contributed by atoms with Gasteiger partial charge in [0.25, 0.3) is 5.91 Å². The molecule has 1 fully saturated rings. The van der Waals surface area contributed by atoms with Crippen LogP contribution in [-0.2, 0) is 0 Å². The van der Waals surface area contributed by atoms with Gasteiger partial charge in [0.05, 0.1) is 5.54 Å². The SMILES string of the molecule is CC(C)NC(=O)Nc1cccc(C(=O)NC2(CN)CCCC2)c1. The number of amides is 3. The summed E-state index contributed by atoms with van der Waals surface area (Å²) in [4.78, 5) is 24.2. The van der Waals surface area contributed by atoms with Gasteiger partial charge in [-0.05, 0) is 44.9 Å². The number of urea groups is 1. The van der Waals surface area contributed by atoms with Crippen molar-refractivity contribution in [1.82, 2.24) is 10.6 Å². The average Bonchev–Trinajstić information content (AvgIpc) is 2.95. The van der Waals surface area contributed by atoms with Gasteiger partial charge in [-0.2, -0.15) is 0 Å². The highest BCUT2D eigenvalue weighted by Crippen LogP contribution is 2.29. The number of hydrogen-bond donors (Lipinski definition) is 4. The molecule has 2 rings (SSSR count). The maximum Gasteiger partial charge on any atom is 0.319 e. The van der Waals surface area contributed by atoms with Gasteiger partial charge in [-0.25, -0.2) is 4.79 Å². The smallest absolute Gasteiger partial charge is 0.319 e. The van der Waals surface area contributed by atoms with Crippen molar-refractivity contribution in [1.29, 1.82) is 0 Å². The van der Waals surface area contributed by atoms with Crippen molar-refractivity contribution < 1.29 is 9.59 Å². The Morgan fingerprint density at radius 2 is 1.96 bits per heavy atom. The highest BCUT2D eigenvalue weighted by molar-refractivity contribution is 5.97. The Labute approximate surface area is 137 Å². The summed E-state index contributed by atoms with van der Waals surface area (Å²) in [5.41, 5.74) is 6.68. The molecule has 6 nitrogen and oxygen atoms in total. The summed E-state index contributed by atoms with van der Waals surface area (Å²) in [6, 6.07) is 6.68. The highest BCUT2D eigenvalue weighted by atomic mass is 16.2. The van der Waals surface area contributed by atoms with Crippen molar-refractivity contribution in [2.24, 2.45) is 5.73 Å². The quantitative estimate of drug-likeness (QED) is 0.670. The van der Waals surface area contributed by atoms with Crippen LogP contribution >= 0.6 is 0 Å². The number of rotatable bonds is 5. The van der Waals surface area contributed by atoms with Gasteiger partial charge in [-0.15, -0.1) is 0 Å². The summed E-state index contributed by atoms with van der Waals surface area (Å²) in [7, 11) is 0. The average molecular weight is 318 g/mol. The maximum absolute atomic E-state index is 12.5. The zero-order chi connectivity index (χ0) is 16.9. The second-order valence-electron chi connectivity index (χ2n) is 6.48. The second kappa shape index (κ2) is 7.46. The van der Waals surface area contributed by atoms with Crippen LogP contribution < -0.4 is 21.7 Å². The third-order valence-corrected chi connectivity index (χ3v) is 4.13. The lowest BCUT2D eigenvalue weighted by Crippen LogP contribution is -2.51. The highest BCUT2D eigenvalue weighted by Gasteiger charge is 2.34. The Morgan fingerprint density at radius 1 is 1.26 bits per heavy atom. The number of anilines is 1. The third-order valence-electron chi connectivity index (χ3n) is 4.13. The molecule has 3 amide bonds. The molecular weight excluding hydrogens is 292 g/mol. The molecule has 1 aromatic rings. The van der Waals surface area contributed by atoms with E-state index in [0.717, 1.165) is 25.7 Å². The molecule has 0 heterocycles. The van der Waals surface area contributed by atoms with Crippen LogP contribution in [0.2, 0.25) is 0 Å². The molecule has 0 atom stereocenters. The zero-order valence-corrected chi connectivity index (χ0v) is 13.8. The maximum atomic E-state index is 12.5. The van der Waals surface area contributed by atoms with Gasteiger partial charge in [-0.1, -0.05) is 18.9 Å². The first-order chi connectivity index (χ1) is 10.9. The van der Waals surface area contributed by atoms with E-state index in [1.54, 1.807) is 24.3 Å². The van der Waals surface area contributed by atoms with Gasteiger partial charge in [-0.3, -0.25) is 4.79 Å². The van der Waals surface area contributed by atoms with Gasteiger partial charge in [0.2, 0.25) is 0 Å². The van der Waals surface area contributed by atoms with Gasteiger partial charge < -0.3 is 21.7 Å². The van der Waals surface area contributed by atoms with Crippen LogP contribution in [0.15, 0.2) is 24.3 Å². The predicted octanol–water partition coefficient (Wildman–Crippen LogP) is 2.22. The van der Waals surface area contributed by atoms with Crippen LogP contribution in [-0.4, -0.2) is 30.1 Å². The number of benzene rings is 1. The minimum atomic E-state index is -0.285. The normalized spacial score (nSPS) is 16.2. The summed E-state index contributed by atoms with van der Waals surface area (Å²) in [6.45, 7) is 4.22. The minimum Gasteiger partial charge on any atom is -0.345 e. The number of nitrogens with two attached hydrogens (primary N) is 1. The van der Waals surface area contributed by atoms with Gasteiger partial charge in [0.1, 0.15) is 0 Å². The Kier molecular flexibility index (Phi) is 5.60. The van der Waals surface area contributed by atoms with Gasteiger partial charge in [0, 0.05) is 23.8 Å². The van der Waals surface area contributed by atoms with E-state index in [2.05, 4.69) is 16.0 Å². The fourth-order valence-corrected chi connectivity index (χ4v) is 2.91. The van der Waals surface area contributed by atoms with Crippen molar-refractivity contribution in [3.05, 3.63) is 29.8 Å². The Bertz CT molecular complexity index is 565. The van der Waals surface area contributed by atoms with E-state index >= 15 is 0 Å². The second-order valence-corrected chi connectivity index (χ2v) is 6.48. The standard InChI is InChI=1S/C17H26N4O2/c1-12(2)19-16(23)20-14-7-5-6-13(10-14)15(22)21-17(11-18)8-3-4-9-17/h5-7,10,12H,3-4,8-9,11,18H2,1-2H3,(H,21,22)(H2,19,20,23). The van der Waals surface area contributed by atoms with E-state index in [1.807, 2.05) is 13.8 Å². The van der Waals surface area contributed by atoms with E-state index in [9.17, 15) is 9.59 Å². The van der Waals surface area contributed by atoms with Gasteiger partial charge >= 0.3 is 6.03 Å². The Hall–Kier alpha value is -2.08. The first-order valence-electron chi connectivity index (χ1n) is 8.14. The summed E-state index contributed by atoms with van der Waals surface area (Å²) in [5, 5.41) is 8.56. The van der Waals surface area contributed by atoms with E-state index in [4.69, 9.17) is 5.73 Å². The monoisotopic (exact) mass is 318 g/mol. The van der Waals surface area contributed by atoms with Crippen molar-refractivity contribution >= 4 is 17.6 Å². The van der Waals surface area contributed by atoms with E-state index in [-0.39, 0.29) is 23.5 Å². The van der Waals surface area contributed by atoms with Crippen molar-refractivity contribution in [2.75, 3.05) is 11.9 Å². The molecule has 6 heteroatoms. The van der Waals surface area contributed by atoms with Crippen LogP contribution in [0.25, 0.3) is 0 Å². The first-order valence-corrected chi connectivity index (χ1v) is 8.14. The minimum absolute atomic E-state index is 0.0493. The lowest BCUT2D eigenvalue weighted by Gasteiger charge is -2.28. The summed E-state index contributed by atoms with van der Waals surface area (Å²) >= 11 is 0. The molecule has 23 heavy (non-hydrogen) atoms. The van der Waals surface area contributed by atoms with Crippen LogP contribution in [0.3, 0.4) is 0 Å². The molecule has 1 aliphatic rings. The van der Waals surface area contributed by atoms with Crippen molar-refractivity contribution in [3.8, 4) is 0 Å². The van der Waals surface area contributed by atoms with Crippen LogP contribution in [0.4, 0.5) is 10.5 Å². The Balaban J connectivity index is 2.04. The summed E-state index contributed by atoms with van der Waals surface area (Å²) in [5.74, 6) is -0.148. The van der Waals surface area contributed by atoms with Crippen molar-refractivity contribution in [3.63, 3.8) is 0 Å². The molecule has 0 saturated heterocycles. The van der Waals surface area contributed by atoms with Crippen LogP contribution in [0.1, 0.15) is 49.9 Å². The van der Waals surface area contributed by atoms with Gasteiger partial charge in [0.15, 0.2) is 0 Å². The first kappa shape index (κ1) is 17.3. The molecule has 0 bridgehead atoms. The molecule has 5 N–H and O–H groups in total. The summed E-state index contributed by atoms with van der Waals surface area (Å²) < 4.78 is 0. The van der Waals surface area contributed by atoms with Crippen LogP contribution in [0, 0.1) is 0 Å². The number of hydrogen-bond acceptors (Lipinski definition) is 3. The molecule has 0 aliphatic heterocycles. The van der Waals surface area contributed by atoms with Crippen molar-refractivity contribution in [2.45, 2.75) is 51.1 Å². The summed E-state index contributed by atoms with van der Waals surface area (Å²) in [6.07, 6.45) is 4.02. The molecular formula is C17H26N4O2. The lowest BCUT2D eigenvalue weighted by molar-refractivity contribution is 0.0903. The number of carbonyl (C=O) groups is 2. The van der Waals surface area contributed by atoms with E-state index < -0.39 is 0 Å². The fraction of sp³-hybridized carbons (Fsp3) is 0.529. The fourth-order valence-electron chi connectivity index (χ4n) is 2.91. The predicted molar refractivity (Wildman–Crippen MR) is 91.5 cm³/mol. The van der Waals surface area contributed by atoms with E-state index in [0.29, 0.717) is 17.8 Å². The molecule has 1 aliphatic carbocycles. The van der Waals surface area contributed by atoms with E-state index in [1.165, 1.54) is 0 Å². The number of carbonyl (C=O) groups excluding carboxylic acids is 2. The number of nitrogens with one attached hydrogen (secondary N) is 3. The topological polar surface area (TPSA) is 96.2 Å². The zero-order valence-electron chi connectivity index (χ0n) is 13.8. The molecule has 0 spiro atoms. The largest absolute Gasteiger partial charge is 0.345 e. The van der Waals surface area contributed by atoms with Crippen LogP contribution in [0.5, 0.6) is 0 Å². The Morgan fingerprint density at radius 3 is 2.57 bits per heavy atom. The molecule has 1 aromatic carbocycles. The molecule has 0 aromatic heterocycles. The molecule has 0 unspecified atom stereocenters. The molecule has 0 radical (unpaired) electrons. The lowest BCUT2D eigenvalue weighted by atomic mass is 9.97. The third kappa shape index (κ3) is 4.69. The molecule has 1 saturated carbocycles. The molecule has 126 valence electrons.